The van der Waals surface area contributed by atoms with Crippen molar-refractivity contribution >= 4 is 0 Å². The monoisotopic (exact) mass is 270 g/mol. The molecule has 1 atom stereocenters. The number of rotatable bonds is 12. The topological polar surface area (TPSA) is 15.3 Å². The quantitative estimate of drug-likeness (QED) is 0.569. The second kappa shape index (κ2) is 11.7. The van der Waals surface area contributed by atoms with Crippen LogP contribution in [0, 0.1) is 5.92 Å². The second-order valence-electron chi connectivity index (χ2n) is 6.36. The van der Waals surface area contributed by atoms with Gasteiger partial charge in [0.1, 0.15) is 0 Å². The molecule has 0 aromatic heterocycles. The Morgan fingerprint density at radius 2 is 1.63 bits per heavy atom. The van der Waals surface area contributed by atoms with Gasteiger partial charge in [-0.2, -0.15) is 0 Å². The van der Waals surface area contributed by atoms with Gasteiger partial charge in [-0.1, -0.05) is 34.6 Å². The van der Waals surface area contributed by atoms with E-state index in [9.17, 15) is 0 Å². The van der Waals surface area contributed by atoms with Crippen LogP contribution in [0.3, 0.4) is 0 Å². The van der Waals surface area contributed by atoms with E-state index in [2.05, 4.69) is 51.8 Å². The first-order chi connectivity index (χ1) is 9.04. The van der Waals surface area contributed by atoms with Crippen LogP contribution < -0.4 is 5.32 Å². The highest BCUT2D eigenvalue weighted by atomic mass is 15.1. The summed E-state index contributed by atoms with van der Waals surface area (Å²) in [5.41, 5.74) is 0. The molecule has 19 heavy (non-hydrogen) atoms. The number of nitrogens with one attached hydrogen (secondary N) is 1. The van der Waals surface area contributed by atoms with Gasteiger partial charge in [-0.25, -0.2) is 0 Å². The van der Waals surface area contributed by atoms with Gasteiger partial charge in [0.05, 0.1) is 0 Å². The molecule has 0 aliphatic carbocycles. The lowest BCUT2D eigenvalue weighted by Crippen LogP contribution is -2.38. The SMILES string of the molecule is CCCNC(C)CCCN(CC(C)C)C(CC)CC. The minimum absolute atomic E-state index is 0.669. The minimum Gasteiger partial charge on any atom is -0.314 e. The van der Waals surface area contributed by atoms with E-state index in [4.69, 9.17) is 0 Å². The van der Waals surface area contributed by atoms with Gasteiger partial charge >= 0.3 is 0 Å². The van der Waals surface area contributed by atoms with Gasteiger partial charge in [0.25, 0.3) is 0 Å². The van der Waals surface area contributed by atoms with Crippen LogP contribution in [0.15, 0.2) is 0 Å². The Kier molecular flexibility index (Phi) is 11.7. The van der Waals surface area contributed by atoms with Crippen molar-refractivity contribution in [3.8, 4) is 0 Å². The lowest BCUT2D eigenvalue weighted by atomic mass is 10.1. The fourth-order valence-corrected chi connectivity index (χ4v) is 2.79. The molecule has 0 spiro atoms. The lowest BCUT2D eigenvalue weighted by Gasteiger charge is -2.32. The van der Waals surface area contributed by atoms with Crippen molar-refractivity contribution < 1.29 is 0 Å². The van der Waals surface area contributed by atoms with E-state index in [1.807, 2.05) is 0 Å². The highest BCUT2D eigenvalue weighted by molar-refractivity contribution is 4.71. The summed E-state index contributed by atoms with van der Waals surface area (Å²) in [5, 5.41) is 3.59. The molecule has 0 amide bonds. The second-order valence-corrected chi connectivity index (χ2v) is 6.36. The largest absolute Gasteiger partial charge is 0.314 e. The minimum atomic E-state index is 0.669. The molecule has 1 unspecified atom stereocenters. The Balaban J connectivity index is 4.04. The van der Waals surface area contributed by atoms with Crippen LogP contribution in [-0.4, -0.2) is 36.6 Å². The Morgan fingerprint density at radius 1 is 1.00 bits per heavy atom. The zero-order valence-corrected chi connectivity index (χ0v) is 14.3. The van der Waals surface area contributed by atoms with E-state index in [0.717, 1.165) is 18.5 Å². The van der Waals surface area contributed by atoms with Crippen molar-refractivity contribution in [3.05, 3.63) is 0 Å². The molecule has 116 valence electrons. The number of hydrogen-bond acceptors (Lipinski definition) is 2. The zero-order valence-electron chi connectivity index (χ0n) is 14.3. The fourth-order valence-electron chi connectivity index (χ4n) is 2.79. The Labute approximate surface area is 122 Å². The molecule has 0 saturated carbocycles. The Morgan fingerprint density at radius 3 is 2.11 bits per heavy atom. The Hall–Kier alpha value is -0.0800. The van der Waals surface area contributed by atoms with E-state index in [0.29, 0.717) is 6.04 Å². The molecule has 0 bridgehead atoms. The molecule has 0 rings (SSSR count). The molecule has 0 fully saturated rings. The summed E-state index contributed by atoms with van der Waals surface area (Å²) in [5.74, 6) is 0.774. The molecule has 0 aromatic carbocycles. The highest BCUT2D eigenvalue weighted by Crippen LogP contribution is 2.13. The van der Waals surface area contributed by atoms with Crippen LogP contribution in [-0.2, 0) is 0 Å². The average Bonchev–Trinajstić information content (AvgIpc) is 2.36. The van der Waals surface area contributed by atoms with Crippen molar-refractivity contribution in [2.24, 2.45) is 5.92 Å². The zero-order chi connectivity index (χ0) is 14.7. The maximum absolute atomic E-state index is 3.59. The van der Waals surface area contributed by atoms with E-state index >= 15 is 0 Å². The molecule has 2 heteroatoms. The lowest BCUT2D eigenvalue weighted by molar-refractivity contribution is 0.161. The van der Waals surface area contributed by atoms with Crippen LogP contribution in [0.4, 0.5) is 0 Å². The van der Waals surface area contributed by atoms with Crippen LogP contribution in [0.5, 0.6) is 0 Å². The highest BCUT2D eigenvalue weighted by Gasteiger charge is 2.16. The van der Waals surface area contributed by atoms with Crippen LogP contribution in [0.25, 0.3) is 0 Å². The molecule has 0 radical (unpaired) electrons. The summed E-state index contributed by atoms with van der Waals surface area (Å²) in [7, 11) is 0. The third-order valence-electron chi connectivity index (χ3n) is 3.88. The molecule has 2 nitrogen and oxygen atoms in total. The smallest absolute Gasteiger partial charge is 0.00901 e. The van der Waals surface area contributed by atoms with Crippen molar-refractivity contribution in [1.29, 1.82) is 0 Å². The molecule has 0 aliphatic heterocycles. The molecule has 0 heterocycles. The van der Waals surface area contributed by atoms with Gasteiger partial charge in [-0.15, -0.1) is 0 Å². The average molecular weight is 271 g/mol. The maximum atomic E-state index is 3.59. The molecule has 0 aliphatic rings. The number of hydrogen-bond donors (Lipinski definition) is 1. The van der Waals surface area contributed by atoms with Crippen LogP contribution in [0.2, 0.25) is 0 Å². The van der Waals surface area contributed by atoms with Gasteiger partial charge in [0, 0.05) is 18.6 Å². The summed E-state index contributed by atoms with van der Waals surface area (Å²) in [4.78, 5) is 2.72. The predicted molar refractivity (Wildman–Crippen MR) is 87.8 cm³/mol. The van der Waals surface area contributed by atoms with E-state index in [-0.39, 0.29) is 0 Å². The fraction of sp³-hybridized carbons (Fsp3) is 1.00. The van der Waals surface area contributed by atoms with Gasteiger partial charge in [-0.05, 0) is 58.0 Å². The first-order valence-corrected chi connectivity index (χ1v) is 8.52. The van der Waals surface area contributed by atoms with Crippen molar-refractivity contribution in [1.82, 2.24) is 10.2 Å². The van der Waals surface area contributed by atoms with Crippen LogP contribution in [0.1, 0.15) is 73.6 Å². The summed E-state index contributed by atoms with van der Waals surface area (Å²) in [6.07, 6.45) is 6.42. The third-order valence-corrected chi connectivity index (χ3v) is 3.88. The first kappa shape index (κ1) is 18.9. The summed E-state index contributed by atoms with van der Waals surface area (Å²) >= 11 is 0. The van der Waals surface area contributed by atoms with E-state index in [1.165, 1.54) is 45.2 Å². The first-order valence-electron chi connectivity index (χ1n) is 8.52. The van der Waals surface area contributed by atoms with Gasteiger partial charge in [0.15, 0.2) is 0 Å². The summed E-state index contributed by atoms with van der Waals surface area (Å²) in [6, 6.07) is 1.45. The third kappa shape index (κ3) is 9.45. The van der Waals surface area contributed by atoms with Crippen molar-refractivity contribution in [2.75, 3.05) is 19.6 Å². The predicted octanol–water partition coefficient (Wildman–Crippen LogP) is 4.30. The standard InChI is InChI=1S/C17H38N2/c1-7-12-18-16(6)11-10-13-19(14-15(4)5)17(8-2)9-3/h15-18H,7-14H2,1-6H3. The summed E-state index contributed by atoms with van der Waals surface area (Å²) < 4.78 is 0. The van der Waals surface area contributed by atoms with Gasteiger partial charge < -0.3 is 10.2 Å². The van der Waals surface area contributed by atoms with E-state index < -0.39 is 0 Å². The molecular weight excluding hydrogens is 232 g/mol. The molecule has 1 N–H and O–H groups in total. The van der Waals surface area contributed by atoms with Crippen molar-refractivity contribution in [3.63, 3.8) is 0 Å². The molecule has 0 aromatic rings. The van der Waals surface area contributed by atoms with Crippen molar-refractivity contribution in [2.45, 2.75) is 85.7 Å². The molecule has 0 saturated heterocycles. The number of nitrogens with zero attached hydrogens (tertiary/aromatic N) is 1. The van der Waals surface area contributed by atoms with Gasteiger partial charge in [-0.3, -0.25) is 0 Å². The van der Waals surface area contributed by atoms with E-state index in [1.54, 1.807) is 0 Å². The Bertz CT molecular complexity index is 188. The van der Waals surface area contributed by atoms with Gasteiger partial charge in [0.2, 0.25) is 0 Å². The normalized spacial score (nSPS) is 13.7. The molecular formula is C17H38N2. The summed E-state index contributed by atoms with van der Waals surface area (Å²) in [6.45, 7) is 17.5. The maximum Gasteiger partial charge on any atom is 0.00901 e. The van der Waals surface area contributed by atoms with Crippen LogP contribution >= 0.6 is 0 Å².